The fourth-order valence-corrected chi connectivity index (χ4v) is 2.26. The second-order valence-corrected chi connectivity index (χ2v) is 5.13. The second kappa shape index (κ2) is 4.30. The third kappa shape index (κ3) is 3.30. The topological polar surface area (TPSA) is 77.2 Å². The summed E-state index contributed by atoms with van der Waals surface area (Å²) < 4.78 is 22.2. The molecule has 4 nitrogen and oxygen atoms in total. The van der Waals surface area contributed by atoms with Crippen LogP contribution in [0, 0.1) is 0 Å². The Labute approximate surface area is 93.1 Å². The fraction of sp³-hybridized carbons (Fsp3) is 0.222. The monoisotopic (exact) mass is 247 g/mol. The Hall–Kier alpha value is -0.910. The van der Waals surface area contributed by atoms with Gasteiger partial charge >= 0.3 is 0 Å². The van der Waals surface area contributed by atoms with E-state index in [1.165, 1.54) is 19.1 Å². The first-order chi connectivity index (χ1) is 6.80. The molecule has 82 valence electrons. The summed E-state index contributed by atoms with van der Waals surface area (Å²) in [5, 5.41) is 5.02. The van der Waals surface area contributed by atoms with Gasteiger partial charge in [-0.25, -0.2) is 13.6 Å². The number of hydrogen-bond acceptors (Lipinski definition) is 3. The molecular weight excluding hydrogens is 238 g/mol. The number of sulfonamides is 1. The van der Waals surface area contributed by atoms with Crippen LogP contribution < -0.4 is 5.14 Å². The third-order valence-corrected chi connectivity index (χ3v) is 3.15. The van der Waals surface area contributed by atoms with Crippen LogP contribution in [0.25, 0.3) is 0 Å². The highest BCUT2D eigenvalue weighted by Gasteiger charge is 2.13. The highest BCUT2D eigenvalue weighted by atomic mass is 35.5. The first kappa shape index (κ1) is 12.2. The van der Waals surface area contributed by atoms with Crippen molar-refractivity contribution in [2.75, 3.05) is 0 Å². The zero-order chi connectivity index (χ0) is 11.6. The van der Waals surface area contributed by atoms with Crippen LogP contribution in [0.3, 0.4) is 0 Å². The van der Waals surface area contributed by atoms with Gasteiger partial charge in [0.15, 0.2) is 0 Å². The van der Waals surface area contributed by atoms with Crippen molar-refractivity contribution < 1.29 is 13.2 Å². The summed E-state index contributed by atoms with van der Waals surface area (Å²) in [6, 6.07) is 4.33. The highest BCUT2D eigenvalue weighted by Crippen LogP contribution is 2.21. The highest BCUT2D eigenvalue weighted by molar-refractivity contribution is 7.89. The number of halogens is 1. The lowest BCUT2D eigenvalue weighted by Crippen LogP contribution is -2.13. The van der Waals surface area contributed by atoms with Crippen LogP contribution in [0.1, 0.15) is 12.5 Å². The first-order valence-electron chi connectivity index (χ1n) is 4.11. The van der Waals surface area contributed by atoms with Gasteiger partial charge in [-0.3, -0.25) is 4.79 Å². The summed E-state index contributed by atoms with van der Waals surface area (Å²) in [6.45, 7) is 1.42. The number of hydrogen-bond donors (Lipinski definition) is 1. The molecule has 0 aliphatic carbocycles. The van der Waals surface area contributed by atoms with Crippen LogP contribution in [-0.2, 0) is 21.2 Å². The second-order valence-electron chi connectivity index (χ2n) is 3.19. The third-order valence-electron chi connectivity index (χ3n) is 1.76. The van der Waals surface area contributed by atoms with Crippen molar-refractivity contribution in [2.45, 2.75) is 18.2 Å². The van der Waals surface area contributed by atoms with Crippen LogP contribution in [-0.4, -0.2) is 14.2 Å². The molecule has 0 radical (unpaired) electrons. The predicted molar refractivity (Wildman–Crippen MR) is 57.2 cm³/mol. The Kier molecular flexibility index (Phi) is 3.49. The molecule has 0 aliphatic heterocycles. The molecule has 0 aromatic heterocycles. The molecule has 0 amide bonds. The standard InChI is InChI=1S/C9H10ClNO3S/c1-6(12)4-7-2-3-8(10)9(5-7)15(11,13)14/h2-3,5H,4H2,1H3,(H2,11,13,14). The summed E-state index contributed by atoms with van der Waals surface area (Å²) in [4.78, 5) is 10.7. The maximum Gasteiger partial charge on any atom is 0.239 e. The van der Waals surface area contributed by atoms with E-state index in [0.717, 1.165) is 0 Å². The molecule has 1 aromatic rings. The summed E-state index contributed by atoms with van der Waals surface area (Å²) in [5.74, 6) is -0.0577. The lowest BCUT2D eigenvalue weighted by Gasteiger charge is -2.04. The van der Waals surface area contributed by atoms with Crippen LogP contribution in [0.2, 0.25) is 5.02 Å². The van der Waals surface area contributed by atoms with Crippen molar-refractivity contribution in [1.82, 2.24) is 0 Å². The van der Waals surface area contributed by atoms with Crippen LogP contribution in [0.5, 0.6) is 0 Å². The van der Waals surface area contributed by atoms with Gasteiger partial charge in [0.1, 0.15) is 10.7 Å². The molecule has 0 saturated heterocycles. The van der Waals surface area contributed by atoms with E-state index in [1.54, 1.807) is 6.07 Å². The Bertz CT molecular complexity index is 496. The van der Waals surface area contributed by atoms with E-state index < -0.39 is 10.0 Å². The number of carbonyl (C=O) groups excluding carboxylic acids is 1. The maximum absolute atomic E-state index is 11.1. The van der Waals surface area contributed by atoms with E-state index >= 15 is 0 Å². The van der Waals surface area contributed by atoms with Gasteiger partial charge in [-0.2, -0.15) is 0 Å². The molecule has 15 heavy (non-hydrogen) atoms. The van der Waals surface area contributed by atoms with Crippen molar-refractivity contribution in [3.63, 3.8) is 0 Å². The molecule has 6 heteroatoms. The Morgan fingerprint density at radius 1 is 1.47 bits per heavy atom. The number of Topliss-reactive ketones (excluding diaryl/α,β-unsaturated/α-hetero) is 1. The Morgan fingerprint density at radius 3 is 2.53 bits per heavy atom. The summed E-state index contributed by atoms with van der Waals surface area (Å²) in [5.41, 5.74) is 0.580. The SMILES string of the molecule is CC(=O)Cc1ccc(Cl)c(S(N)(=O)=O)c1. The number of benzene rings is 1. The van der Waals surface area contributed by atoms with Crippen molar-refractivity contribution >= 4 is 27.4 Å². The predicted octanol–water partition coefficient (Wildman–Crippen LogP) is 1.12. The van der Waals surface area contributed by atoms with Crippen LogP contribution in [0.4, 0.5) is 0 Å². The average molecular weight is 248 g/mol. The first-order valence-corrected chi connectivity index (χ1v) is 6.04. The molecule has 0 spiro atoms. The number of nitrogens with two attached hydrogens (primary N) is 1. The minimum Gasteiger partial charge on any atom is -0.300 e. The molecule has 0 aliphatic rings. The van der Waals surface area contributed by atoms with Crippen molar-refractivity contribution in [3.8, 4) is 0 Å². The van der Waals surface area contributed by atoms with E-state index in [-0.39, 0.29) is 22.1 Å². The molecule has 1 aromatic carbocycles. The van der Waals surface area contributed by atoms with Crippen LogP contribution in [0.15, 0.2) is 23.1 Å². The van der Waals surface area contributed by atoms with E-state index in [4.69, 9.17) is 16.7 Å². The average Bonchev–Trinajstić information content (AvgIpc) is 2.05. The number of primary sulfonamides is 1. The minimum atomic E-state index is -3.84. The summed E-state index contributed by atoms with van der Waals surface area (Å²) in [7, 11) is -3.84. The fourth-order valence-electron chi connectivity index (χ4n) is 1.16. The van der Waals surface area contributed by atoms with Gasteiger partial charge in [0.25, 0.3) is 0 Å². The molecule has 0 bridgehead atoms. The Balaban J connectivity index is 3.23. The van der Waals surface area contributed by atoms with Gasteiger partial charge < -0.3 is 0 Å². The molecule has 2 N–H and O–H groups in total. The lowest BCUT2D eigenvalue weighted by molar-refractivity contribution is -0.116. The van der Waals surface area contributed by atoms with Crippen LogP contribution >= 0.6 is 11.6 Å². The lowest BCUT2D eigenvalue weighted by atomic mass is 10.1. The molecule has 0 atom stereocenters. The van der Waals surface area contributed by atoms with Gasteiger partial charge in [-0.1, -0.05) is 17.7 Å². The maximum atomic E-state index is 11.1. The normalized spacial score (nSPS) is 11.4. The van der Waals surface area contributed by atoms with E-state index in [1.807, 2.05) is 0 Å². The quantitative estimate of drug-likeness (QED) is 0.870. The van der Waals surface area contributed by atoms with Gasteiger partial charge in [-0.05, 0) is 24.6 Å². The van der Waals surface area contributed by atoms with Crippen molar-refractivity contribution in [1.29, 1.82) is 0 Å². The zero-order valence-corrected chi connectivity index (χ0v) is 9.60. The van der Waals surface area contributed by atoms with Gasteiger partial charge in [0.05, 0.1) is 5.02 Å². The largest absolute Gasteiger partial charge is 0.300 e. The molecular formula is C9H10ClNO3S. The number of rotatable bonds is 3. The molecule has 1 rings (SSSR count). The van der Waals surface area contributed by atoms with Gasteiger partial charge in [-0.15, -0.1) is 0 Å². The van der Waals surface area contributed by atoms with E-state index in [9.17, 15) is 13.2 Å². The number of carbonyl (C=O) groups is 1. The minimum absolute atomic E-state index is 0.0577. The van der Waals surface area contributed by atoms with Crippen molar-refractivity contribution in [3.05, 3.63) is 28.8 Å². The zero-order valence-electron chi connectivity index (χ0n) is 8.03. The van der Waals surface area contributed by atoms with Gasteiger partial charge in [0.2, 0.25) is 10.0 Å². The molecule has 0 heterocycles. The van der Waals surface area contributed by atoms with Crippen molar-refractivity contribution in [2.24, 2.45) is 5.14 Å². The van der Waals surface area contributed by atoms with Gasteiger partial charge in [0, 0.05) is 6.42 Å². The smallest absolute Gasteiger partial charge is 0.239 e. The summed E-state index contributed by atoms with van der Waals surface area (Å²) in [6.07, 6.45) is 0.166. The molecule has 0 unspecified atom stereocenters. The number of ketones is 1. The summed E-state index contributed by atoms with van der Waals surface area (Å²) >= 11 is 5.67. The molecule has 0 saturated carbocycles. The van der Waals surface area contributed by atoms with E-state index in [0.29, 0.717) is 5.56 Å². The Morgan fingerprint density at radius 2 is 2.07 bits per heavy atom. The molecule has 0 fully saturated rings. The van der Waals surface area contributed by atoms with E-state index in [2.05, 4.69) is 0 Å².